The number of rotatable bonds is 7. The lowest BCUT2D eigenvalue weighted by Gasteiger charge is -2.32. The molecule has 0 radical (unpaired) electrons. The minimum absolute atomic E-state index is 0.564. The average Bonchev–Trinajstić information content (AvgIpc) is 2.53. The Morgan fingerprint density at radius 1 is 0.857 bits per heavy atom. The molecule has 0 fully saturated rings. The molecule has 2 aromatic carbocycles. The molecule has 21 heavy (non-hydrogen) atoms. The first-order valence-electron chi connectivity index (χ1n) is 7.71. The average molecular weight is 282 g/mol. The zero-order valence-corrected chi connectivity index (χ0v) is 13.4. The Balaban J connectivity index is 2.18. The first-order valence-corrected chi connectivity index (χ1v) is 7.71. The Morgan fingerprint density at radius 3 is 1.95 bits per heavy atom. The molecule has 1 atom stereocenters. The van der Waals surface area contributed by atoms with Crippen LogP contribution >= 0.6 is 0 Å². The van der Waals surface area contributed by atoms with Crippen molar-refractivity contribution >= 4 is 5.69 Å². The number of nitrogens with zero attached hydrogens (tertiary/aromatic N) is 2. The van der Waals surface area contributed by atoms with Gasteiger partial charge in [-0.15, -0.1) is 0 Å². The van der Waals surface area contributed by atoms with E-state index in [-0.39, 0.29) is 0 Å². The summed E-state index contributed by atoms with van der Waals surface area (Å²) < 4.78 is 0. The molecule has 0 amide bonds. The van der Waals surface area contributed by atoms with E-state index in [0.29, 0.717) is 6.04 Å². The summed E-state index contributed by atoms with van der Waals surface area (Å²) in [7, 11) is 4.33. The second-order valence-electron chi connectivity index (χ2n) is 5.73. The Kier molecular flexibility index (Phi) is 5.82. The third kappa shape index (κ3) is 4.61. The van der Waals surface area contributed by atoms with Crippen LogP contribution in [-0.2, 0) is 6.54 Å². The van der Waals surface area contributed by atoms with E-state index >= 15 is 0 Å². The highest BCUT2D eigenvalue weighted by Crippen LogP contribution is 2.18. The molecule has 0 aliphatic heterocycles. The molecule has 0 heterocycles. The molecule has 0 aromatic heterocycles. The number of anilines is 1. The van der Waals surface area contributed by atoms with Crippen molar-refractivity contribution < 1.29 is 0 Å². The van der Waals surface area contributed by atoms with Gasteiger partial charge < -0.3 is 9.80 Å². The standard InChI is InChI=1S/C19H26N2/c1-4-18(20(2)3)16-21(19-13-9-6-10-14-19)15-17-11-7-5-8-12-17/h5-14,18H,4,15-16H2,1-3H3. The van der Waals surface area contributed by atoms with Crippen LogP contribution in [0.4, 0.5) is 5.69 Å². The molecule has 1 unspecified atom stereocenters. The predicted molar refractivity (Wildman–Crippen MR) is 91.7 cm³/mol. The lowest BCUT2D eigenvalue weighted by atomic mass is 10.1. The lowest BCUT2D eigenvalue weighted by molar-refractivity contribution is 0.287. The molecular weight excluding hydrogens is 256 g/mol. The van der Waals surface area contributed by atoms with Crippen LogP contribution in [0.2, 0.25) is 0 Å². The minimum Gasteiger partial charge on any atom is -0.366 e. The molecule has 0 aliphatic rings. The maximum Gasteiger partial charge on any atom is 0.0430 e. The zero-order valence-electron chi connectivity index (χ0n) is 13.4. The normalized spacial score (nSPS) is 12.4. The van der Waals surface area contributed by atoms with Gasteiger partial charge in [0, 0.05) is 24.8 Å². The SMILES string of the molecule is CCC(CN(Cc1ccccc1)c1ccccc1)N(C)C. The molecule has 0 N–H and O–H groups in total. The Labute approximate surface area is 129 Å². The summed E-state index contributed by atoms with van der Waals surface area (Å²) >= 11 is 0. The fourth-order valence-corrected chi connectivity index (χ4v) is 2.62. The van der Waals surface area contributed by atoms with Crippen molar-refractivity contribution in [1.29, 1.82) is 0 Å². The van der Waals surface area contributed by atoms with E-state index in [9.17, 15) is 0 Å². The second kappa shape index (κ2) is 7.84. The molecule has 2 heteroatoms. The van der Waals surface area contributed by atoms with Crippen LogP contribution < -0.4 is 4.90 Å². The number of hydrogen-bond acceptors (Lipinski definition) is 2. The molecule has 0 saturated carbocycles. The van der Waals surface area contributed by atoms with Crippen molar-refractivity contribution in [2.75, 3.05) is 25.5 Å². The first-order chi connectivity index (χ1) is 10.2. The van der Waals surface area contributed by atoms with Crippen LogP contribution in [0.5, 0.6) is 0 Å². The highest BCUT2D eigenvalue weighted by Gasteiger charge is 2.15. The van der Waals surface area contributed by atoms with E-state index in [1.807, 2.05) is 0 Å². The highest BCUT2D eigenvalue weighted by atomic mass is 15.2. The topological polar surface area (TPSA) is 6.48 Å². The van der Waals surface area contributed by atoms with Gasteiger partial charge in [-0.25, -0.2) is 0 Å². The molecule has 0 aliphatic carbocycles. The summed E-state index contributed by atoms with van der Waals surface area (Å²) in [6.45, 7) is 4.26. The molecule has 0 spiro atoms. The Hall–Kier alpha value is -1.80. The maximum absolute atomic E-state index is 2.48. The van der Waals surface area contributed by atoms with Gasteiger partial charge in [0.05, 0.1) is 0 Å². The number of para-hydroxylation sites is 1. The number of benzene rings is 2. The van der Waals surface area contributed by atoms with Crippen LogP contribution in [-0.4, -0.2) is 31.6 Å². The van der Waals surface area contributed by atoms with E-state index in [0.717, 1.165) is 19.5 Å². The maximum atomic E-state index is 2.48. The summed E-state index contributed by atoms with van der Waals surface area (Å²) in [6.07, 6.45) is 1.16. The van der Waals surface area contributed by atoms with Crippen molar-refractivity contribution in [3.05, 3.63) is 66.2 Å². The van der Waals surface area contributed by atoms with Gasteiger partial charge >= 0.3 is 0 Å². The van der Waals surface area contributed by atoms with Gasteiger partial charge in [-0.1, -0.05) is 55.5 Å². The van der Waals surface area contributed by atoms with Gasteiger partial charge in [-0.3, -0.25) is 0 Å². The predicted octanol–water partition coefficient (Wildman–Crippen LogP) is 4.03. The van der Waals surface area contributed by atoms with Crippen LogP contribution in [0.1, 0.15) is 18.9 Å². The third-order valence-corrected chi connectivity index (χ3v) is 3.97. The first kappa shape index (κ1) is 15.6. The Morgan fingerprint density at radius 2 is 1.43 bits per heavy atom. The van der Waals surface area contributed by atoms with Crippen molar-refractivity contribution in [1.82, 2.24) is 4.90 Å². The van der Waals surface area contributed by atoms with Crippen molar-refractivity contribution in [3.63, 3.8) is 0 Å². The molecule has 2 aromatic rings. The summed E-state index contributed by atoms with van der Waals surface area (Å²) in [5.74, 6) is 0. The second-order valence-corrected chi connectivity index (χ2v) is 5.73. The quantitative estimate of drug-likeness (QED) is 0.756. The fraction of sp³-hybridized carbons (Fsp3) is 0.368. The van der Waals surface area contributed by atoms with E-state index in [2.05, 4.69) is 91.5 Å². The molecule has 2 rings (SSSR count). The molecule has 0 saturated heterocycles. The van der Waals surface area contributed by atoms with Crippen molar-refractivity contribution in [2.24, 2.45) is 0 Å². The monoisotopic (exact) mass is 282 g/mol. The van der Waals surface area contributed by atoms with Gasteiger partial charge in [-0.05, 0) is 38.2 Å². The van der Waals surface area contributed by atoms with Crippen LogP contribution in [0.3, 0.4) is 0 Å². The van der Waals surface area contributed by atoms with E-state index in [1.165, 1.54) is 11.3 Å². The smallest absolute Gasteiger partial charge is 0.0430 e. The highest BCUT2D eigenvalue weighted by molar-refractivity contribution is 5.46. The molecule has 2 nitrogen and oxygen atoms in total. The fourth-order valence-electron chi connectivity index (χ4n) is 2.62. The number of likely N-dealkylation sites (N-methyl/N-ethyl adjacent to an activating group) is 1. The molecule has 112 valence electrons. The van der Waals surface area contributed by atoms with Gasteiger partial charge in [0.2, 0.25) is 0 Å². The lowest BCUT2D eigenvalue weighted by Crippen LogP contribution is -2.40. The minimum atomic E-state index is 0.564. The zero-order chi connectivity index (χ0) is 15.1. The third-order valence-electron chi connectivity index (χ3n) is 3.97. The van der Waals surface area contributed by atoms with Crippen LogP contribution in [0.25, 0.3) is 0 Å². The van der Waals surface area contributed by atoms with Gasteiger partial charge in [0.1, 0.15) is 0 Å². The van der Waals surface area contributed by atoms with E-state index in [4.69, 9.17) is 0 Å². The van der Waals surface area contributed by atoms with Crippen molar-refractivity contribution in [2.45, 2.75) is 25.9 Å². The van der Waals surface area contributed by atoms with Crippen molar-refractivity contribution in [3.8, 4) is 0 Å². The molecule has 0 bridgehead atoms. The van der Waals surface area contributed by atoms with Crippen LogP contribution in [0, 0.1) is 0 Å². The summed E-state index contributed by atoms with van der Waals surface area (Å²) in [5, 5.41) is 0. The Bertz CT molecular complexity index is 508. The summed E-state index contributed by atoms with van der Waals surface area (Å²) in [5.41, 5.74) is 2.65. The number of hydrogen-bond donors (Lipinski definition) is 0. The van der Waals surface area contributed by atoms with Gasteiger partial charge in [0.15, 0.2) is 0 Å². The molecular formula is C19H26N2. The van der Waals surface area contributed by atoms with Gasteiger partial charge in [-0.2, -0.15) is 0 Å². The van der Waals surface area contributed by atoms with Crippen LogP contribution in [0.15, 0.2) is 60.7 Å². The summed E-state index contributed by atoms with van der Waals surface area (Å²) in [4.78, 5) is 4.80. The van der Waals surface area contributed by atoms with Gasteiger partial charge in [0.25, 0.3) is 0 Å². The summed E-state index contributed by atoms with van der Waals surface area (Å²) in [6, 6.07) is 22.0. The largest absolute Gasteiger partial charge is 0.366 e. The van der Waals surface area contributed by atoms with E-state index in [1.54, 1.807) is 0 Å². The van der Waals surface area contributed by atoms with E-state index < -0.39 is 0 Å².